The Morgan fingerprint density at radius 3 is 2.88 bits per heavy atom. The average molecular weight is 232 g/mol. The van der Waals surface area contributed by atoms with Gasteiger partial charge in [-0.25, -0.2) is 0 Å². The van der Waals surface area contributed by atoms with E-state index in [0.29, 0.717) is 13.2 Å². The summed E-state index contributed by atoms with van der Waals surface area (Å²) in [5, 5.41) is 0. The molecule has 2 atom stereocenters. The lowest BCUT2D eigenvalue weighted by Crippen LogP contribution is -2.23. The van der Waals surface area contributed by atoms with Crippen LogP contribution in [0.15, 0.2) is 43.0 Å². The van der Waals surface area contributed by atoms with Crippen LogP contribution in [-0.4, -0.2) is 25.8 Å². The summed E-state index contributed by atoms with van der Waals surface area (Å²) < 4.78 is 10.5. The predicted molar refractivity (Wildman–Crippen MR) is 64.6 cm³/mol. The van der Waals surface area contributed by atoms with Crippen molar-refractivity contribution in [3.63, 3.8) is 0 Å². The van der Waals surface area contributed by atoms with E-state index in [-0.39, 0.29) is 24.4 Å². The zero-order valence-electron chi connectivity index (χ0n) is 9.67. The minimum atomic E-state index is -0.198. The van der Waals surface area contributed by atoms with Crippen molar-refractivity contribution in [1.82, 2.24) is 0 Å². The summed E-state index contributed by atoms with van der Waals surface area (Å²) in [6.07, 6.45) is 1.57. The van der Waals surface area contributed by atoms with Crippen LogP contribution < -0.4 is 0 Å². The zero-order valence-corrected chi connectivity index (χ0v) is 9.67. The number of benzene rings is 1. The number of ether oxygens (including phenoxy) is 2. The van der Waals surface area contributed by atoms with Crippen LogP contribution in [0.4, 0.5) is 0 Å². The molecule has 1 aromatic carbocycles. The molecule has 3 heteroatoms. The molecule has 17 heavy (non-hydrogen) atoms. The number of hydrogen-bond donors (Lipinski definition) is 0. The number of hydrogen-bond acceptors (Lipinski definition) is 3. The van der Waals surface area contributed by atoms with Crippen LogP contribution in [0.5, 0.6) is 0 Å². The van der Waals surface area contributed by atoms with Crippen LogP contribution in [0.1, 0.15) is 11.5 Å². The zero-order chi connectivity index (χ0) is 12.1. The maximum absolute atomic E-state index is 11.8. The molecule has 1 aliphatic rings. The third-order valence-electron chi connectivity index (χ3n) is 2.95. The topological polar surface area (TPSA) is 35.5 Å². The quantitative estimate of drug-likeness (QED) is 0.589. The van der Waals surface area contributed by atoms with Gasteiger partial charge in [0.2, 0.25) is 0 Å². The Kier molecular flexibility index (Phi) is 3.94. The van der Waals surface area contributed by atoms with Gasteiger partial charge < -0.3 is 9.47 Å². The second-order valence-electron chi connectivity index (χ2n) is 4.08. The minimum absolute atomic E-state index is 0.105. The minimum Gasteiger partial charge on any atom is -0.461 e. The van der Waals surface area contributed by atoms with Crippen LogP contribution in [0.2, 0.25) is 0 Å². The molecule has 1 saturated heterocycles. The first-order valence-corrected chi connectivity index (χ1v) is 5.73. The summed E-state index contributed by atoms with van der Waals surface area (Å²) in [7, 11) is 0. The largest absolute Gasteiger partial charge is 0.461 e. The summed E-state index contributed by atoms with van der Waals surface area (Å²) in [6, 6.07) is 9.95. The third-order valence-corrected chi connectivity index (χ3v) is 2.95. The van der Waals surface area contributed by atoms with Crippen molar-refractivity contribution in [2.45, 2.75) is 5.92 Å². The lowest BCUT2D eigenvalue weighted by atomic mass is 9.89. The third kappa shape index (κ3) is 2.74. The van der Waals surface area contributed by atoms with Crippen LogP contribution in [0.25, 0.3) is 0 Å². The Hall–Kier alpha value is -1.61. The Morgan fingerprint density at radius 1 is 1.41 bits per heavy atom. The lowest BCUT2D eigenvalue weighted by molar-refractivity contribution is -0.147. The summed E-state index contributed by atoms with van der Waals surface area (Å²) in [5.41, 5.74) is 1.13. The van der Waals surface area contributed by atoms with Gasteiger partial charge in [0.05, 0.1) is 19.1 Å². The van der Waals surface area contributed by atoms with Crippen LogP contribution >= 0.6 is 0 Å². The second kappa shape index (κ2) is 5.64. The second-order valence-corrected chi connectivity index (χ2v) is 4.08. The molecule has 3 nitrogen and oxygen atoms in total. The molecule has 0 saturated carbocycles. The van der Waals surface area contributed by atoms with Crippen molar-refractivity contribution in [2.75, 3.05) is 19.8 Å². The monoisotopic (exact) mass is 232 g/mol. The summed E-state index contributed by atoms with van der Waals surface area (Å²) in [5.74, 6) is -0.290. The van der Waals surface area contributed by atoms with Crippen LogP contribution in [0.3, 0.4) is 0 Å². The van der Waals surface area contributed by atoms with Gasteiger partial charge >= 0.3 is 5.97 Å². The first-order valence-electron chi connectivity index (χ1n) is 5.73. The fourth-order valence-corrected chi connectivity index (χ4v) is 2.06. The molecule has 90 valence electrons. The molecule has 0 radical (unpaired) electrons. The molecule has 0 N–H and O–H groups in total. The van der Waals surface area contributed by atoms with Crippen molar-refractivity contribution in [1.29, 1.82) is 0 Å². The Labute approximate surface area is 101 Å². The van der Waals surface area contributed by atoms with Gasteiger partial charge in [-0.2, -0.15) is 0 Å². The van der Waals surface area contributed by atoms with E-state index in [1.165, 1.54) is 0 Å². The lowest BCUT2D eigenvalue weighted by Gasteiger charge is -2.16. The Morgan fingerprint density at radius 2 is 2.18 bits per heavy atom. The fraction of sp³-hybridized carbons (Fsp3) is 0.357. The van der Waals surface area contributed by atoms with Crippen molar-refractivity contribution in [3.8, 4) is 0 Å². The predicted octanol–water partition coefficient (Wildman–Crippen LogP) is 2.15. The van der Waals surface area contributed by atoms with E-state index in [0.717, 1.165) is 5.56 Å². The molecule has 2 unspecified atom stereocenters. The average Bonchev–Trinajstić information content (AvgIpc) is 2.86. The molecule has 1 heterocycles. The molecule has 2 rings (SSSR count). The number of rotatable bonds is 4. The van der Waals surface area contributed by atoms with E-state index in [1.54, 1.807) is 6.08 Å². The van der Waals surface area contributed by atoms with Gasteiger partial charge in [0.1, 0.15) is 6.61 Å². The van der Waals surface area contributed by atoms with Crippen molar-refractivity contribution in [3.05, 3.63) is 48.6 Å². The number of esters is 1. The van der Waals surface area contributed by atoms with E-state index < -0.39 is 0 Å². The van der Waals surface area contributed by atoms with Gasteiger partial charge in [-0.1, -0.05) is 43.0 Å². The maximum Gasteiger partial charge on any atom is 0.312 e. The van der Waals surface area contributed by atoms with E-state index in [9.17, 15) is 4.79 Å². The summed E-state index contributed by atoms with van der Waals surface area (Å²) >= 11 is 0. The molecule has 0 aliphatic carbocycles. The normalized spacial score (nSPS) is 23.3. The molecule has 1 fully saturated rings. The van der Waals surface area contributed by atoms with Crippen LogP contribution in [-0.2, 0) is 14.3 Å². The van der Waals surface area contributed by atoms with Gasteiger partial charge in [0.15, 0.2) is 0 Å². The van der Waals surface area contributed by atoms with Gasteiger partial charge in [0.25, 0.3) is 0 Å². The molecule has 1 aliphatic heterocycles. The van der Waals surface area contributed by atoms with Gasteiger partial charge in [-0.15, -0.1) is 0 Å². The molecule has 0 amide bonds. The first kappa shape index (κ1) is 11.9. The van der Waals surface area contributed by atoms with E-state index in [2.05, 4.69) is 6.58 Å². The van der Waals surface area contributed by atoms with Crippen LogP contribution in [0, 0.1) is 5.92 Å². The van der Waals surface area contributed by atoms with Gasteiger partial charge in [-0.3, -0.25) is 4.79 Å². The summed E-state index contributed by atoms with van der Waals surface area (Å²) in [4.78, 5) is 11.8. The van der Waals surface area contributed by atoms with Crippen molar-refractivity contribution in [2.24, 2.45) is 5.92 Å². The SMILES string of the molecule is C=CCOC(=O)C1COCC1c1ccccc1. The highest BCUT2D eigenvalue weighted by Crippen LogP contribution is 2.31. The standard InChI is InChI=1S/C14H16O3/c1-2-8-17-14(15)13-10-16-9-12(13)11-6-4-3-5-7-11/h2-7,12-13H,1,8-10H2. The fourth-order valence-electron chi connectivity index (χ4n) is 2.06. The van der Waals surface area contributed by atoms with Gasteiger partial charge in [0, 0.05) is 5.92 Å². The molecule has 0 aromatic heterocycles. The summed E-state index contributed by atoms with van der Waals surface area (Å²) in [6.45, 7) is 4.81. The van der Waals surface area contributed by atoms with Crippen molar-refractivity contribution >= 4 is 5.97 Å². The molecule has 0 spiro atoms. The first-order chi connectivity index (χ1) is 8.33. The molecule has 1 aromatic rings. The number of carbonyl (C=O) groups is 1. The maximum atomic E-state index is 11.8. The number of carbonyl (C=O) groups excluding carboxylic acids is 1. The van der Waals surface area contributed by atoms with Gasteiger partial charge in [-0.05, 0) is 5.56 Å². The van der Waals surface area contributed by atoms with E-state index in [4.69, 9.17) is 9.47 Å². The smallest absolute Gasteiger partial charge is 0.312 e. The molecule has 0 bridgehead atoms. The highest BCUT2D eigenvalue weighted by molar-refractivity contribution is 5.74. The highest BCUT2D eigenvalue weighted by Gasteiger charge is 2.35. The molecular formula is C14H16O3. The Balaban J connectivity index is 2.07. The van der Waals surface area contributed by atoms with E-state index >= 15 is 0 Å². The molecular weight excluding hydrogens is 216 g/mol. The van der Waals surface area contributed by atoms with Crippen molar-refractivity contribution < 1.29 is 14.3 Å². The van der Waals surface area contributed by atoms with E-state index in [1.807, 2.05) is 30.3 Å². The highest BCUT2D eigenvalue weighted by atomic mass is 16.5. The Bertz CT molecular complexity index is 386.